The number of nitrogens with two attached hydrogens (primary N) is 1. The number of amides is 1. The maximum Gasteiger partial charge on any atom is 0.417 e. The average molecular weight is 656 g/mol. The minimum absolute atomic E-state index is 0.0247. The van der Waals surface area contributed by atoms with Gasteiger partial charge in [0.15, 0.2) is 5.11 Å². The number of halogens is 4. The molecular formula is C25H24F3IN6O2S. The highest BCUT2D eigenvalue weighted by Gasteiger charge is 2.50. The molecule has 1 aliphatic rings. The van der Waals surface area contributed by atoms with Gasteiger partial charge in [0.25, 0.3) is 5.91 Å². The molecule has 3 rings (SSSR count). The zero-order chi connectivity index (χ0) is 28.8. The minimum atomic E-state index is -4.79. The van der Waals surface area contributed by atoms with E-state index in [2.05, 4.69) is 4.99 Å². The van der Waals surface area contributed by atoms with Gasteiger partial charge in [-0.3, -0.25) is 9.69 Å². The summed E-state index contributed by atoms with van der Waals surface area (Å²) in [7, 11) is 0. The molecule has 1 aliphatic heterocycles. The number of anilines is 2. The van der Waals surface area contributed by atoms with Crippen LogP contribution in [0.2, 0.25) is 0 Å². The van der Waals surface area contributed by atoms with Crippen LogP contribution < -0.4 is 15.5 Å². The molecule has 0 saturated carbocycles. The molecule has 0 spiro atoms. The van der Waals surface area contributed by atoms with Crippen LogP contribution in [0.25, 0.3) is 0 Å². The largest absolute Gasteiger partial charge is 0.458 e. The van der Waals surface area contributed by atoms with Gasteiger partial charge >= 0.3 is 12.2 Å². The second-order valence-corrected chi connectivity index (χ2v) is 11.4. The molecule has 200 valence electrons. The van der Waals surface area contributed by atoms with Crippen LogP contribution in [0.3, 0.4) is 0 Å². The van der Waals surface area contributed by atoms with Gasteiger partial charge in [-0.25, -0.2) is 5.41 Å². The van der Waals surface area contributed by atoms with Crippen molar-refractivity contribution in [3.05, 3.63) is 56.7 Å². The fraction of sp³-hybridized carbons (Fsp3) is 0.320. The van der Waals surface area contributed by atoms with E-state index in [9.17, 15) is 18.0 Å². The second kappa shape index (κ2) is 10.1. The summed E-state index contributed by atoms with van der Waals surface area (Å²) >= 11 is 7.60. The number of carbonyl (C=O) groups is 1. The quantitative estimate of drug-likeness (QED) is 0.194. The summed E-state index contributed by atoms with van der Waals surface area (Å²) in [5, 5.41) is 17.0. The normalized spacial score (nSPS) is 16.1. The van der Waals surface area contributed by atoms with Crippen LogP contribution in [-0.2, 0) is 15.7 Å². The molecule has 0 aromatic heterocycles. The number of rotatable bonds is 3. The lowest BCUT2D eigenvalue weighted by atomic mass is 10.0. The molecule has 38 heavy (non-hydrogen) atoms. The fourth-order valence-corrected chi connectivity index (χ4v) is 5.09. The van der Waals surface area contributed by atoms with Crippen molar-refractivity contribution in [3.8, 4) is 6.07 Å². The number of amidine groups is 2. The number of carbonyl (C=O) groups excluding carboxylic acids is 1. The first-order chi connectivity index (χ1) is 17.4. The van der Waals surface area contributed by atoms with Crippen molar-refractivity contribution in [1.82, 2.24) is 0 Å². The number of benzene rings is 2. The van der Waals surface area contributed by atoms with E-state index in [-0.39, 0.29) is 22.7 Å². The van der Waals surface area contributed by atoms with E-state index >= 15 is 0 Å². The third-order valence-corrected chi connectivity index (χ3v) is 6.72. The Kier molecular flexibility index (Phi) is 7.82. The van der Waals surface area contributed by atoms with Crippen LogP contribution in [0.5, 0.6) is 0 Å². The van der Waals surface area contributed by atoms with Gasteiger partial charge in [-0.15, -0.1) is 0 Å². The molecule has 0 aliphatic carbocycles. The summed E-state index contributed by atoms with van der Waals surface area (Å²) in [6.07, 6.45) is -4.79. The number of nitriles is 1. The molecule has 2 aromatic rings. The Balaban J connectivity index is 2.00. The molecule has 0 atom stereocenters. The summed E-state index contributed by atoms with van der Waals surface area (Å²) in [4.78, 5) is 20.0. The number of hydrogen-bond acceptors (Lipinski definition) is 5. The van der Waals surface area contributed by atoms with Crippen LogP contribution in [0, 0.1) is 20.3 Å². The van der Waals surface area contributed by atoms with E-state index in [0.29, 0.717) is 14.8 Å². The SMILES string of the molecule is CC(C)(C)OC(=N)/N=C(\N)c1ccc(N2C(=S)N(c3ccc(C#N)c(C(F)(F)F)c3)C(=O)C2(C)C)cc1I. The van der Waals surface area contributed by atoms with Crippen molar-refractivity contribution in [1.29, 1.82) is 10.7 Å². The van der Waals surface area contributed by atoms with Gasteiger partial charge in [-0.2, -0.15) is 23.4 Å². The van der Waals surface area contributed by atoms with Crippen LogP contribution in [0.1, 0.15) is 51.3 Å². The molecule has 0 bridgehead atoms. The fourth-order valence-electron chi connectivity index (χ4n) is 3.79. The molecule has 1 fully saturated rings. The van der Waals surface area contributed by atoms with E-state index in [0.717, 1.165) is 17.0 Å². The number of nitrogens with zero attached hydrogens (tertiary/aromatic N) is 4. The molecule has 0 unspecified atom stereocenters. The number of aliphatic imine (C=N–C) groups is 1. The maximum atomic E-state index is 13.6. The molecule has 0 radical (unpaired) electrons. The molecule has 1 saturated heterocycles. The zero-order valence-electron chi connectivity index (χ0n) is 21.1. The Bertz CT molecular complexity index is 1410. The highest BCUT2D eigenvalue weighted by Crippen LogP contribution is 2.40. The van der Waals surface area contributed by atoms with Gasteiger partial charge in [0.05, 0.1) is 22.9 Å². The standard InChI is InChI=1S/C25H24F3IN6O2S/c1-23(2,3)37-21(32)33-19(31)16-9-8-15(11-18(16)29)35-22(38)34(20(36)24(35,4)5)14-7-6-13(12-30)17(10-14)25(26,27)28/h6-11H,1-5H3,(H3,31,32,33). The predicted molar refractivity (Wildman–Crippen MR) is 151 cm³/mol. The van der Waals surface area contributed by atoms with Crippen LogP contribution in [-0.4, -0.2) is 34.0 Å². The topological polar surface area (TPSA) is 119 Å². The first kappa shape index (κ1) is 29.3. The van der Waals surface area contributed by atoms with E-state index in [1.54, 1.807) is 57.7 Å². The zero-order valence-corrected chi connectivity index (χ0v) is 24.0. The van der Waals surface area contributed by atoms with Gasteiger partial charge in [-0.1, -0.05) is 0 Å². The lowest BCUT2D eigenvalue weighted by molar-refractivity contribution is -0.137. The van der Waals surface area contributed by atoms with Crippen molar-refractivity contribution in [3.63, 3.8) is 0 Å². The van der Waals surface area contributed by atoms with Crippen LogP contribution in [0.4, 0.5) is 24.5 Å². The molecule has 13 heteroatoms. The lowest BCUT2D eigenvalue weighted by Gasteiger charge is -2.29. The average Bonchev–Trinajstić information content (AvgIpc) is 2.94. The Morgan fingerprint density at radius 2 is 1.79 bits per heavy atom. The van der Waals surface area contributed by atoms with Gasteiger partial charge in [0, 0.05) is 14.8 Å². The summed E-state index contributed by atoms with van der Waals surface area (Å²) in [6, 6.07) is 9.21. The van der Waals surface area contributed by atoms with Gasteiger partial charge in [0.2, 0.25) is 0 Å². The number of ether oxygens (including phenoxy) is 1. The smallest absolute Gasteiger partial charge is 0.417 e. The monoisotopic (exact) mass is 656 g/mol. The number of alkyl halides is 3. The molecule has 2 aromatic carbocycles. The highest BCUT2D eigenvalue weighted by molar-refractivity contribution is 14.1. The highest BCUT2D eigenvalue weighted by atomic mass is 127. The lowest BCUT2D eigenvalue weighted by Crippen LogP contribution is -2.44. The summed E-state index contributed by atoms with van der Waals surface area (Å²) in [5.41, 5.74) is 3.45. The van der Waals surface area contributed by atoms with Crippen LogP contribution in [0.15, 0.2) is 41.4 Å². The number of hydrogen-bond donors (Lipinski definition) is 2. The summed E-state index contributed by atoms with van der Waals surface area (Å²) < 4.78 is 46.7. The Labute approximate surface area is 236 Å². The summed E-state index contributed by atoms with van der Waals surface area (Å²) in [6.45, 7) is 8.55. The van der Waals surface area contributed by atoms with Gasteiger partial charge in [0.1, 0.15) is 17.0 Å². The number of nitrogens with one attached hydrogen (secondary N) is 1. The maximum absolute atomic E-state index is 13.6. The minimum Gasteiger partial charge on any atom is -0.458 e. The van der Waals surface area contributed by atoms with Crippen molar-refractivity contribution in [2.45, 2.75) is 51.9 Å². The van der Waals surface area contributed by atoms with Gasteiger partial charge in [-0.05, 0) is 106 Å². The third kappa shape index (κ3) is 5.75. The van der Waals surface area contributed by atoms with Crippen molar-refractivity contribution in [2.75, 3.05) is 9.80 Å². The predicted octanol–water partition coefficient (Wildman–Crippen LogP) is 5.55. The first-order valence-corrected chi connectivity index (χ1v) is 12.6. The van der Waals surface area contributed by atoms with Crippen molar-refractivity contribution < 1.29 is 22.7 Å². The van der Waals surface area contributed by atoms with E-state index in [1.165, 1.54) is 12.1 Å². The van der Waals surface area contributed by atoms with Crippen molar-refractivity contribution in [2.24, 2.45) is 10.7 Å². The van der Waals surface area contributed by atoms with Crippen molar-refractivity contribution >= 4 is 69.1 Å². The molecule has 8 nitrogen and oxygen atoms in total. The van der Waals surface area contributed by atoms with E-state index in [1.807, 2.05) is 22.6 Å². The Morgan fingerprint density at radius 3 is 2.32 bits per heavy atom. The van der Waals surface area contributed by atoms with Crippen LogP contribution >= 0.6 is 34.8 Å². The third-order valence-electron chi connectivity index (χ3n) is 5.47. The van der Waals surface area contributed by atoms with E-state index < -0.39 is 34.4 Å². The molecular weight excluding hydrogens is 632 g/mol. The molecule has 1 amide bonds. The van der Waals surface area contributed by atoms with E-state index in [4.69, 9.17) is 33.4 Å². The second-order valence-electron chi connectivity index (χ2n) is 9.84. The molecule has 1 heterocycles. The first-order valence-electron chi connectivity index (χ1n) is 11.1. The Morgan fingerprint density at radius 1 is 1.18 bits per heavy atom. The summed E-state index contributed by atoms with van der Waals surface area (Å²) in [5.74, 6) is -0.485. The number of thiocarbonyl (C=S) groups is 1. The Hall–Kier alpha value is -3.25. The molecule has 3 N–H and O–H groups in total. The van der Waals surface area contributed by atoms with Gasteiger partial charge < -0.3 is 15.4 Å².